The van der Waals surface area contributed by atoms with E-state index < -0.39 is 0 Å². The van der Waals surface area contributed by atoms with Gasteiger partial charge in [-0.15, -0.1) is 0 Å². The van der Waals surface area contributed by atoms with Gasteiger partial charge in [-0.25, -0.2) is 4.98 Å². The summed E-state index contributed by atoms with van der Waals surface area (Å²) in [5.41, 5.74) is 6.56. The van der Waals surface area contributed by atoms with Crippen molar-refractivity contribution in [1.82, 2.24) is 14.5 Å². The van der Waals surface area contributed by atoms with E-state index in [4.69, 9.17) is 4.98 Å². The number of piperidine rings is 1. The molecule has 1 aromatic heterocycles. The molecule has 0 radical (unpaired) electrons. The lowest BCUT2D eigenvalue weighted by molar-refractivity contribution is 0.168. The highest BCUT2D eigenvalue weighted by Crippen LogP contribution is 2.41. The highest BCUT2D eigenvalue weighted by atomic mass is 15.2. The maximum atomic E-state index is 4.94. The zero-order valence-corrected chi connectivity index (χ0v) is 17.9. The summed E-state index contributed by atoms with van der Waals surface area (Å²) in [6.07, 6.45) is 2.26. The molecule has 5 rings (SSSR count). The van der Waals surface area contributed by atoms with Crippen LogP contribution >= 0.6 is 0 Å². The molecule has 4 aromatic rings. The minimum Gasteiger partial charge on any atom is -0.330 e. The summed E-state index contributed by atoms with van der Waals surface area (Å²) < 4.78 is 2.25. The Bertz CT molecular complexity index is 1100. The van der Waals surface area contributed by atoms with Crippen LogP contribution in [0.4, 0.5) is 0 Å². The third-order valence-corrected chi connectivity index (χ3v) is 6.86. The molecule has 152 valence electrons. The zero-order chi connectivity index (χ0) is 20.6. The number of fused-ring (bicyclic) bond motifs is 1. The van der Waals surface area contributed by atoms with E-state index in [-0.39, 0.29) is 5.41 Å². The lowest BCUT2D eigenvalue weighted by atomic mass is 9.68. The standard InChI is InChI=1S/C27H29N3/c1-21-13-14-25-24(19-21)28-26(29(25)2)20-30-17-15-27(16-18-30,22-9-5-3-6-10-22)23-11-7-4-8-12-23/h3-14,19H,15-18,20H2,1-2H3. The molecule has 0 unspecified atom stereocenters. The number of aryl methyl sites for hydroxylation is 2. The summed E-state index contributed by atoms with van der Waals surface area (Å²) in [4.78, 5) is 7.51. The Hall–Kier alpha value is -2.91. The van der Waals surface area contributed by atoms with Crippen LogP contribution in [0.25, 0.3) is 11.0 Å². The molecule has 3 aromatic carbocycles. The predicted molar refractivity (Wildman–Crippen MR) is 124 cm³/mol. The number of hydrogen-bond acceptors (Lipinski definition) is 2. The second-order valence-electron chi connectivity index (χ2n) is 8.67. The van der Waals surface area contributed by atoms with Crippen LogP contribution in [0.3, 0.4) is 0 Å². The maximum absolute atomic E-state index is 4.94. The van der Waals surface area contributed by atoms with Gasteiger partial charge >= 0.3 is 0 Å². The molecule has 0 N–H and O–H groups in total. The summed E-state index contributed by atoms with van der Waals surface area (Å²) in [5, 5.41) is 0. The minimum atomic E-state index is 0.0997. The van der Waals surface area contributed by atoms with Crippen LogP contribution in [0.15, 0.2) is 78.9 Å². The van der Waals surface area contributed by atoms with Gasteiger partial charge in [-0.1, -0.05) is 66.7 Å². The van der Waals surface area contributed by atoms with Crippen molar-refractivity contribution in [3.05, 3.63) is 101 Å². The minimum absolute atomic E-state index is 0.0997. The number of aromatic nitrogens is 2. The molecule has 0 aliphatic carbocycles. The van der Waals surface area contributed by atoms with Crippen LogP contribution in [0, 0.1) is 6.92 Å². The molecule has 0 saturated carbocycles. The first-order valence-electron chi connectivity index (χ1n) is 10.9. The van der Waals surface area contributed by atoms with Gasteiger partial charge in [0.05, 0.1) is 17.6 Å². The van der Waals surface area contributed by atoms with Gasteiger partial charge in [0.25, 0.3) is 0 Å². The Kier molecular flexibility index (Phi) is 4.92. The van der Waals surface area contributed by atoms with Crippen LogP contribution in [0.5, 0.6) is 0 Å². The van der Waals surface area contributed by atoms with Crippen LogP contribution in [-0.4, -0.2) is 27.5 Å². The van der Waals surface area contributed by atoms with E-state index >= 15 is 0 Å². The highest BCUT2D eigenvalue weighted by molar-refractivity contribution is 5.76. The topological polar surface area (TPSA) is 21.1 Å². The van der Waals surface area contributed by atoms with Crippen molar-refractivity contribution in [3.63, 3.8) is 0 Å². The second-order valence-corrected chi connectivity index (χ2v) is 8.67. The number of imidazole rings is 1. The lowest BCUT2D eigenvalue weighted by Crippen LogP contribution is -2.43. The summed E-state index contributed by atoms with van der Waals surface area (Å²) in [7, 11) is 2.14. The fourth-order valence-corrected chi connectivity index (χ4v) is 5.05. The van der Waals surface area contributed by atoms with Crippen molar-refractivity contribution in [1.29, 1.82) is 0 Å². The normalized spacial score (nSPS) is 16.7. The van der Waals surface area contributed by atoms with Gasteiger partial charge < -0.3 is 4.57 Å². The molecule has 0 spiro atoms. The summed E-state index contributed by atoms with van der Waals surface area (Å²) in [5.74, 6) is 1.16. The Morgan fingerprint density at radius 1 is 0.833 bits per heavy atom. The van der Waals surface area contributed by atoms with Gasteiger partial charge in [-0.05, 0) is 61.7 Å². The Balaban J connectivity index is 1.40. The monoisotopic (exact) mass is 395 g/mol. The van der Waals surface area contributed by atoms with Crippen molar-refractivity contribution in [2.24, 2.45) is 7.05 Å². The lowest BCUT2D eigenvalue weighted by Gasteiger charge is -2.42. The Morgan fingerprint density at radius 3 is 2.03 bits per heavy atom. The number of nitrogens with zero attached hydrogens (tertiary/aromatic N) is 3. The van der Waals surface area contributed by atoms with E-state index in [2.05, 4.69) is 102 Å². The molecule has 3 heteroatoms. The number of benzene rings is 3. The molecule has 2 heterocycles. The van der Waals surface area contributed by atoms with E-state index in [9.17, 15) is 0 Å². The summed E-state index contributed by atoms with van der Waals surface area (Å²) >= 11 is 0. The largest absolute Gasteiger partial charge is 0.330 e. The molecule has 0 amide bonds. The fourth-order valence-electron chi connectivity index (χ4n) is 5.05. The maximum Gasteiger partial charge on any atom is 0.123 e. The second kappa shape index (κ2) is 7.73. The highest BCUT2D eigenvalue weighted by Gasteiger charge is 2.37. The molecular weight excluding hydrogens is 366 g/mol. The van der Waals surface area contributed by atoms with E-state index in [1.54, 1.807) is 0 Å². The van der Waals surface area contributed by atoms with Gasteiger partial charge in [-0.2, -0.15) is 0 Å². The van der Waals surface area contributed by atoms with Crippen LogP contribution in [0.2, 0.25) is 0 Å². The molecule has 1 aliphatic rings. The number of rotatable bonds is 4. The number of likely N-dealkylation sites (tertiary alicyclic amines) is 1. The molecule has 1 aliphatic heterocycles. The van der Waals surface area contributed by atoms with Crippen LogP contribution < -0.4 is 0 Å². The van der Waals surface area contributed by atoms with Crippen molar-refractivity contribution in [2.45, 2.75) is 31.7 Å². The Labute approximate surface area is 179 Å². The third-order valence-electron chi connectivity index (χ3n) is 6.86. The number of hydrogen-bond donors (Lipinski definition) is 0. The smallest absolute Gasteiger partial charge is 0.123 e. The quantitative estimate of drug-likeness (QED) is 0.457. The van der Waals surface area contributed by atoms with E-state index in [0.29, 0.717) is 0 Å². The van der Waals surface area contributed by atoms with Crippen LogP contribution in [0.1, 0.15) is 35.4 Å². The van der Waals surface area contributed by atoms with Gasteiger partial charge in [0.1, 0.15) is 5.82 Å². The van der Waals surface area contributed by atoms with E-state index in [1.165, 1.54) is 22.2 Å². The molecule has 30 heavy (non-hydrogen) atoms. The summed E-state index contributed by atoms with van der Waals surface area (Å²) in [6, 6.07) is 28.7. The van der Waals surface area contributed by atoms with Crippen molar-refractivity contribution < 1.29 is 0 Å². The molecule has 1 fully saturated rings. The fraction of sp³-hybridized carbons (Fsp3) is 0.296. The van der Waals surface area contributed by atoms with E-state index in [0.717, 1.165) is 43.8 Å². The van der Waals surface area contributed by atoms with Gasteiger partial charge in [0.2, 0.25) is 0 Å². The molecule has 0 bridgehead atoms. The Morgan fingerprint density at radius 2 is 1.43 bits per heavy atom. The molecule has 3 nitrogen and oxygen atoms in total. The van der Waals surface area contributed by atoms with Crippen LogP contribution in [-0.2, 0) is 19.0 Å². The van der Waals surface area contributed by atoms with Crippen molar-refractivity contribution in [3.8, 4) is 0 Å². The van der Waals surface area contributed by atoms with E-state index in [1.807, 2.05) is 0 Å². The first kappa shape index (κ1) is 19.1. The predicted octanol–water partition coefficient (Wildman–Crippen LogP) is 5.46. The van der Waals surface area contributed by atoms with Gasteiger partial charge in [-0.3, -0.25) is 4.90 Å². The van der Waals surface area contributed by atoms with Gasteiger partial charge in [0.15, 0.2) is 0 Å². The average molecular weight is 396 g/mol. The first-order chi connectivity index (χ1) is 14.7. The average Bonchev–Trinajstić information content (AvgIpc) is 3.10. The third kappa shape index (κ3) is 3.33. The first-order valence-corrected chi connectivity index (χ1v) is 10.9. The molecular formula is C27H29N3. The van der Waals surface area contributed by atoms with Crippen molar-refractivity contribution >= 4 is 11.0 Å². The molecule has 1 saturated heterocycles. The summed E-state index contributed by atoms with van der Waals surface area (Å²) in [6.45, 7) is 5.19. The van der Waals surface area contributed by atoms with Gasteiger partial charge in [0, 0.05) is 12.5 Å². The molecule has 0 atom stereocenters. The SMILES string of the molecule is Cc1ccc2c(c1)nc(CN1CCC(c3ccccc3)(c3ccccc3)CC1)n2C. The zero-order valence-electron chi connectivity index (χ0n) is 17.9. The van der Waals surface area contributed by atoms with Crippen molar-refractivity contribution in [2.75, 3.05) is 13.1 Å².